The topological polar surface area (TPSA) is 20.3 Å². The molecule has 2 aromatic carbocycles. The Morgan fingerprint density at radius 3 is 2.43 bits per heavy atom. The minimum Gasteiger partial charge on any atom is -0.305 e. The van der Waals surface area contributed by atoms with Crippen molar-refractivity contribution in [3.63, 3.8) is 0 Å². The molecule has 3 aliphatic rings. The van der Waals surface area contributed by atoms with Crippen molar-refractivity contribution in [2.24, 2.45) is 0 Å². The minimum absolute atomic E-state index is 0.0219. The van der Waals surface area contributed by atoms with Crippen LogP contribution >= 0.6 is 0 Å². The lowest BCUT2D eigenvalue weighted by Crippen LogP contribution is -2.37. The number of nitrogens with zero attached hydrogens (tertiary/aromatic N) is 1. The molecule has 5 rings (SSSR count). The molecule has 2 aromatic rings. The summed E-state index contributed by atoms with van der Waals surface area (Å²) in [5.41, 5.74) is 4.73. The number of hydrogen-bond donors (Lipinski definition) is 0. The molecule has 0 atom stereocenters. The van der Waals surface area contributed by atoms with E-state index in [2.05, 4.69) is 12.1 Å². The molecule has 144 valence electrons. The van der Waals surface area contributed by atoms with E-state index in [4.69, 9.17) is 0 Å². The van der Waals surface area contributed by atoms with Crippen LogP contribution in [0.3, 0.4) is 0 Å². The number of carbonyl (C=O) groups excluding carboxylic acids is 1. The third-order valence-electron chi connectivity index (χ3n) is 6.94. The first kappa shape index (κ1) is 17.7. The number of amides is 1. The van der Waals surface area contributed by atoms with Crippen LogP contribution in [0.25, 0.3) is 5.57 Å². The summed E-state index contributed by atoms with van der Waals surface area (Å²) >= 11 is 0. The summed E-state index contributed by atoms with van der Waals surface area (Å²) in [4.78, 5) is 15.5. The average molecular weight is 375 g/mol. The predicted molar refractivity (Wildman–Crippen MR) is 111 cm³/mol. The fraction of sp³-hybridized carbons (Fsp3) is 0.400. The minimum atomic E-state index is -0.257. The molecule has 0 saturated heterocycles. The normalized spacial score (nSPS) is 20.7. The Balaban J connectivity index is 1.60. The Hall–Kier alpha value is -2.42. The van der Waals surface area contributed by atoms with Gasteiger partial charge in [0.2, 0.25) is 0 Å². The molecule has 1 amide bonds. The van der Waals surface area contributed by atoms with Crippen LogP contribution < -0.4 is 4.90 Å². The molecule has 1 fully saturated rings. The molecule has 1 saturated carbocycles. The van der Waals surface area contributed by atoms with Gasteiger partial charge in [-0.05, 0) is 61.3 Å². The van der Waals surface area contributed by atoms with Gasteiger partial charge in [-0.3, -0.25) is 4.79 Å². The maximum atomic E-state index is 14.9. The third kappa shape index (κ3) is 2.71. The zero-order chi connectivity index (χ0) is 19.1. The van der Waals surface area contributed by atoms with E-state index in [1.807, 2.05) is 24.3 Å². The largest absolute Gasteiger partial charge is 0.305 e. The van der Waals surface area contributed by atoms with Crippen molar-refractivity contribution in [3.05, 3.63) is 71.0 Å². The molecular formula is C25H26FNO. The van der Waals surface area contributed by atoms with E-state index < -0.39 is 0 Å². The Bertz CT molecular complexity index is 940. The highest BCUT2D eigenvalue weighted by atomic mass is 19.1. The molecule has 0 unspecified atom stereocenters. The van der Waals surface area contributed by atoms with Crippen LogP contribution in [0.1, 0.15) is 62.5 Å². The van der Waals surface area contributed by atoms with Crippen molar-refractivity contribution in [2.45, 2.75) is 56.8 Å². The van der Waals surface area contributed by atoms with Crippen molar-refractivity contribution in [3.8, 4) is 0 Å². The van der Waals surface area contributed by atoms with Crippen molar-refractivity contribution < 1.29 is 9.18 Å². The highest BCUT2D eigenvalue weighted by Crippen LogP contribution is 2.52. The second-order valence-electron chi connectivity index (χ2n) is 8.54. The number of fused-ring (bicyclic) bond motifs is 2. The summed E-state index contributed by atoms with van der Waals surface area (Å²) in [7, 11) is 0. The van der Waals surface area contributed by atoms with E-state index in [1.54, 1.807) is 11.0 Å². The highest BCUT2D eigenvalue weighted by Gasteiger charge is 2.48. The number of benzene rings is 2. The van der Waals surface area contributed by atoms with Crippen molar-refractivity contribution >= 4 is 17.2 Å². The fourth-order valence-corrected chi connectivity index (χ4v) is 5.60. The highest BCUT2D eigenvalue weighted by molar-refractivity contribution is 6.12. The van der Waals surface area contributed by atoms with Crippen LogP contribution in [0.4, 0.5) is 10.1 Å². The summed E-state index contributed by atoms with van der Waals surface area (Å²) in [5, 5.41) is 0. The first-order valence-electron chi connectivity index (χ1n) is 10.6. The van der Waals surface area contributed by atoms with Gasteiger partial charge in [0.1, 0.15) is 5.82 Å². The molecule has 1 aliphatic heterocycles. The lowest BCUT2D eigenvalue weighted by atomic mass is 9.81. The Morgan fingerprint density at radius 1 is 0.893 bits per heavy atom. The van der Waals surface area contributed by atoms with Gasteiger partial charge in [0, 0.05) is 17.5 Å². The van der Waals surface area contributed by atoms with Crippen LogP contribution in [0, 0.1) is 5.82 Å². The van der Waals surface area contributed by atoms with Crippen LogP contribution in [0.15, 0.2) is 54.1 Å². The number of para-hydroxylation sites is 1. The van der Waals surface area contributed by atoms with E-state index >= 15 is 0 Å². The molecule has 0 bridgehead atoms. The maximum Gasteiger partial charge on any atom is 0.254 e. The lowest BCUT2D eigenvalue weighted by molar-refractivity contribution is -0.115. The van der Waals surface area contributed by atoms with E-state index in [0.717, 1.165) is 73.6 Å². The number of anilines is 1. The average Bonchev–Trinajstić information content (AvgIpc) is 3.35. The summed E-state index contributed by atoms with van der Waals surface area (Å²) in [5.74, 6) is -0.235. The molecule has 1 heterocycles. The number of halogens is 1. The predicted octanol–water partition coefficient (Wildman–Crippen LogP) is 6.01. The molecule has 0 aromatic heterocycles. The quantitative estimate of drug-likeness (QED) is 0.629. The van der Waals surface area contributed by atoms with Gasteiger partial charge in [-0.1, -0.05) is 55.3 Å². The number of carbonyl (C=O) groups is 1. The van der Waals surface area contributed by atoms with Gasteiger partial charge in [-0.15, -0.1) is 0 Å². The monoisotopic (exact) mass is 375 g/mol. The molecule has 2 aliphatic carbocycles. The van der Waals surface area contributed by atoms with Gasteiger partial charge < -0.3 is 4.90 Å². The maximum absolute atomic E-state index is 14.9. The number of rotatable bonds is 2. The van der Waals surface area contributed by atoms with Gasteiger partial charge in [0.15, 0.2) is 0 Å². The summed E-state index contributed by atoms with van der Waals surface area (Å²) < 4.78 is 14.9. The number of allylic oxidation sites excluding steroid dienone is 1. The van der Waals surface area contributed by atoms with Crippen molar-refractivity contribution in [1.82, 2.24) is 0 Å². The van der Waals surface area contributed by atoms with Crippen LogP contribution in [0.2, 0.25) is 0 Å². The molecule has 2 nitrogen and oxygen atoms in total. The lowest BCUT2D eigenvalue weighted by Gasteiger charge is -2.27. The molecule has 28 heavy (non-hydrogen) atoms. The summed E-state index contributed by atoms with van der Waals surface area (Å²) in [6, 6.07) is 15.6. The zero-order valence-corrected chi connectivity index (χ0v) is 16.2. The standard InChI is InChI=1S/C25H26FNO/c26-22-14-8-13-21-23(22)27(17-25(21)15-6-7-16-25)24(28)20-12-5-4-11-19(20)18-9-2-1-3-10-18/h1-3,8-10,13-14H,4-7,11-12,15-17H2. The van der Waals surface area contributed by atoms with E-state index in [0.29, 0.717) is 12.2 Å². The molecule has 3 heteroatoms. The Kier molecular flexibility index (Phi) is 4.34. The van der Waals surface area contributed by atoms with Crippen LogP contribution in [-0.2, 0) is 10.2 Å². The molecule has 1 spiro atoms. The zero-order valence-electron chi connectivity index (χ0n) is 16.2. The number of hydrogen-bond acceptors (Lipinski definition) is 1. The SMILES string of the molecule is O=C(C1=C(c2ccccc2)CCCC1)N1CC2(CCCC2)c2cccc(F)c21. The van der Waals surface area contributed by atoms with E-state index in [9.17, 15) is 9.18 Å². The van der Waals surface area contributed by atoms with Crippen molar-refractivity contribution in [1.29, 1.82) is 0 Å². The smallest absolute Gasteiger partial charge is 0.254 e. The molecule has 0 radical (unpaired) electrons. The third-order valence-corrected chi connectivity index (χ3v) is 6.94. The fourth-order valence-electron chi connectivity index (χ4n) is 5.60. The Morgan fingerprint density at radius 2 is 1.64 bits per heavy atom. The molecular weight excluding hydrogens is 349 g/mol. The van der Waals surface area contributed by atoms with Crippen LogP contribution in [0.5, 0.6) is 0 Å². The second kappa shape index (κ2) is 6.88. The van der Waals surface area contributed by atoms with Gasteiger partial charge >= 0.3 is 0 Å². The van der Waals surface area contributed by atoms with Gasteiger partial charge in [-0.2, -0.15) is 0 Å². The Labute approximate surface area is 166 Å². The van der Waals surface area contributed by atoms with Crippen molar-refractivity contribution in [2.75, 3.05) is 11.4 Å². The second-order valence-corrected chi connectivity index (χ2v) is 8.54. The van der Waals surface area contributed by atoms with Gasteiger partial charge in [-0.25, -0.2) is 4.39 Å². The summed E-state index contributed by atoms with van der Waals surface area (Å²) in [6.07, 6.45) is 8.28. The van der Waals surface area contributed by atoms with Gasteiger partial charge in [0.05, 0.1) is 5.69 Å². The van der Waals surface area contributed by atoms with E-state index in [1.165, 1.54) is 6.07 Å². The first-order valence-corrected chi connectivity index (χ1v) is 10.6. The molecule has 0 N–H and O–H groups in total. The van der Waals surface area contributed by atoms with Crippen LogP contribution in [-0.4, -0.2) is 12.5 Å². The first-order chi connectivity index (χ1) is 13.7. The van der Waals surface area contributed by atoms with E-state index in [-0.39, 0.29) is 17.1 Å². The van der Waals surface area contributed by atoms with Gasteiger partial charge in [0.25, 0.3) is 5.91 Å². The summed E-state index contributed by atoms with van der Waals surface area (Å²) in [6.45, 7) is 0.633.